The highest BCUT2D eigenvalue weighted by molar-refractivity contribution is 5.76. The molecule has 3 heteroatoms. The molecular weight excluding hydrogens is 371 g/mol. The molecule has 30 heavy (non-hydrogen) atoms. The molecule has 0 fully saturated rings. The molecule has 0 bridgehead atoms. The second-order valence-corrected chi connectivity index (χ2v) is 7.19. The average molecular weight is 394 g/mol. The molecule has 4 rings (SSSR count). The van der Waals surface area contributed by atoms with Crippen LogP contribution in [0.2, 0.25) is 0 Å². The number of aromatic nitrogens is 1. The fraction of sp³-hybridized carbons (Fsp3) is 0.148. The van der Waals surface area contributed by atoms with E-state index in [1.165, 1.54) is 11.6 Å². The van der Waals surface area contributed by atoms with Gasteiger partial charge in [-0.05, 0) is 41.8 Å². The minimum Gasteiger partial charge on any atom is -0.343 e. The molecule has 0 saturated carbocycles. The van der Waals surface area contributed by atoms with Crippen LogP contribution in [0.3, 0.4) is 0 Å². The molecule has 0 saturated heterocycles. The maximum absolute atomic E-state index is 13.6. The zero-order valence-electron chi connectivity index (χ0n) is 17.0. The minimum absolute atomic E-state index is 0.215. The molecule has 1 aromatic heterocycles. The van der Waals surface area contributed by atoms with E-state index >= 15 is 0 Å². The highest BCUT2D eigenvalue weighted by Crippen LogP contribution is 2.30. The van der Waals surface area contributed by atoms with Crippen LogP contribution in [0.15, 0.2) is 79.1 Å². The molecule has 0 amide bonds. The first-order chi connectivity index (χ1) is 14.7. The van der Waals surface area contributed by atoms with Crippen molar-refractivity contribution in [1.29, 1.82) is 0 Å². The van der Waals surface area contributed by atoms with E-state index in [-0.39, 0.29) is 5.82 Å². The quantitative estimate of drug-likeness (QED) is 0.501. The van der Waals surface area contributed by atoms with Crippen LogP contribution in [0.5, 0.6) is 0 Å². The van der Waals surface area contributed by atoms with Gasteiger partial charge in [-0.15, -0.1) is 0 Å². The van der Waals surface area contributed by atoms with E-state index in [0.29, 0.717) is 13.0 Å². The van der Waals surface area contributed by atoms with E-state index in [0.717, 1.165) is 34.5 Å². The molecule has 3 aromatic rings. The van der Waals surface area contributed by atoms with Crippen molar-refractivity contribution in [2.75, 3.05) is 0 Å². The predicted molar refractivity (Wildman–Crippen MR) is 121 cm³/mol. The van der Waals surface area contributed by atoms with Crippen LogP contribution in [0.1, 0.15) is 41.3 Å². The largest absolute Gasteiger partial charge is 0.343 e. The fourth-order valence-electron chi connectivity index (χ4n) is 3.51. The Morgan fingerprint density at radius 2 is 1.87 bits per heavy atom. The summed E-state index contributed by atoms with van der Waals surface area (Å²) in [5.41, 5.74) is 6.09. The number of benzene rings is 2. The first kappa shape index (κ1) is 19.7. The lowest BCUT2D eigenvalue weighted by atomic mass is 10.0. The summed E-state index contributed by atoms with van der Waals surface area (Å²) < 4.78 is 13.6. The second kappa shape index (κ2) is 9.24. The fourth-order valence-corrected chi connectivity index (χ4v) is 3.51. The summed E-state index contributed by atoms with van der Waals surface area (Å²) in [6.45, 7) is 2.71. The minimum atomic E-state index is -0.215. The van der Waals surface area contributed by atoms with Crippen LogP contribution in [0.25, 0.3) is 11.8 Å². The van der Waals surface area contributed by atoms with Crippen molar-refractivity contribution in [3.05, 3.63) is 113 Å². The van der Waals surface area contributed by atoms with Crippen molar-refractivity contribution < 1.29 is 4.39 Å². The third kappa shape index (κ3) is 4.67. The summed E-state index contributed by atoms with van der Waals surface area (Å²) in [6, 6.07) is 19.1. The van der Waals surface area contributed by atoms with Gasteiger partial charge in [-0.1, -0.05) is 67.3 Å². The van der Waals surface area contributed by atoms with Gasteiger partial charge in [0.1, 0.15) is 5.82 Å². The molecule has 0 atom stereocenters. The second-order valence-electron chi connectivity index (χ2n) is 7.19. The Bertz CT molecular complexity index is 1150. The molecule has 2 nitrogen and oxygen atoms in total. The zero-order valence-corrected chi connectivity index (χ0v) is 17.0. The summed E-state index contributed by atoms with van der Waals surface area (Å²) in [6.07, 6.45) is 9.64. The summed E-state index contributed by atoms with van der Waals surface area (Å²) in [7, 11) is 0. The predicted octanol–water partition coefficient (Wildman–Crippen LogP) is 6.05. The Hall–Kier alpha value is -3.64. The molecule has 0 spiro atoms. The van der Waals surface area contributed by atoms with Crippen molar-refractivity contribution in [2.45, 2.75) is 26.3 Å². The lowest BCUT2D eigenvalue weighted by Crippen LogP contribution is -2.19. The molecule has 1 aliphatic rings. The van der Waals surface area contributed by atoms with Crippen molar-refractivity contribution >= 4 is 11.8 Å². The Labute approximate surface area is 177 Å². The average Bonchev–Trinajstić information content (AvgIpc) is 2.76. The number of hydrogen-bond donors (Lipinski definition) is 0. The van der Waals surface area contributed by atoms with Crippen LogP contribution in [-0.4, -0.2) is 9.88 Å². The van der Waals surface area contributed by atoms with Gasteiger partial charge >= 0.3 is 0 Å². The number of pyridine rings is 1. The summed E-state index contributed by atoms with van der Waals surface area (Å²) in [5.74, 6) is 6.28. The Balaban J connectivity index is 1.60. The number of rotatable bonds is 4. The maximum atomic E-state index is 13.6. The number of halogens is 1. The van der Waals surface area contributed by atoms with Crippen LogP contribution in [-0.2, 0) is 13.0 Å². The first-order valence-corrected chi connectivity index (χ1v) is 10.2. The summed E-state index contributed by atoms with van der Waals surface area (Å²) in [5, 5.41) is 0. The molecule has 0 radical (unpaired) electrons. The Kier molecular flexibility index (Phi) is 6.06. The highest BCUT2D eigenvalue weighted by Gasteiger charge is 2.18. The van der Waals surface area contributed by atoms with Gasteiger partial charge in [0.15, 0.2) is 0 Å². The van der Waals surface area contributed by atoms with E-state index < -0.39 is 0 Å². The third-order valence-corrected chi connectivity index (χ3v) is 4.92. The molecular formula is C27H23FN2. The zero-order chi connectivity index (χ0) is 20.8. The molecule has 0 N–H and O–H groups in total. The highest BCUT2D eigenvalue weighted by atomic mass is 19.1. The Morgan fingerprint density at radius 3 is 2.67 bits per heavy atom. The monoisotopic (exact) mass is 394 g/mol. The first-order valence-electron chi connectivity index (χ1n) is 10.2. The number of hydrogen-bond acceptors (Lipinski definition) is 2. The maximum Gasteiger partial charge on any atom is 0.123 e. The number of allylic oxidation sites excluding steroid dienone is 1. The third-order valence-electron chi connectivity index (χ3n) is 4.92. The van der Waals surface area contributed by atoms with E-state index in [9.17, 15) is 4.39 Å². The summed E-state index contributed by atoms with van der Waals surface area (Å²) in [4.78, 5) is 6.76. The van der Waals surface area contributed by atoms with Gasteiger partial charge in [0, 0.05) is 42.2 Å². The van der Waals surface area contributed by atoms with Crippen molar-refractivity contribution in [3.8, 4) is 11.8 Å². The van der Waals surface area contributed by atoms with Gasteiger partial charge in [0.25, 0.3) is 0 Å². The van der Waals surface area contributed by atoms with E-state index in [1.54, 1.807) is 12.1 Å². The SMILES string of the molecule is CC/C=C1\c2cc(C#CCc3ccccc3)cnc2C=CN1Cc1cccc(F)c1. The Morgan fingerprint density at radius 1 is 1.03 bits per heavy atom. The number of nitrogens with zero attached hydrogens (tertiary/aromatic N) is 2. The van der Waals surface area contributed by atoms with Crippen LogP contribution in [0.4, 0.5) is 4.39 Å². The molecule has 2 aromatic carbocycles. The van der Waals surface area contributed by atoms with E-state index in [4.69, 9.17) is 0 Å². The van der Waals surface area contributed by atoms with Crippen molar-refractivity contribution in [3.63, 3.8) is 0 Å². The number of fused-ring (bicyclic) bond motifs is 1. The lowest BCUT2D eigenvalue weighted by molar-refractivity contribution is 0.519. The van der Waals surface area contributed by atoms with E-state index in [1.807, 2.05) is 42.7 Å². The van der Waals surface area contributed by atoms with Gasteiger partial charge in [-0.25, -0.2) is 4.39 Å². The molecule has 2 heterocycles. The van der Waals surface area contributed by atoms with Crippen LogP contribution in [0, 0.1) is 17.7 Å². The topological polar surface area (TPSA) is 16.1 Å². The van der Waals surface area contributed by atoms with E-state index in [2.05, 4.69) is 52.9 Å². The molecule has 148 valence electrons. The molecule has 0 aliphatic carbocycles. The van der Waals surface area contributed by atoms with Gasteiger partial charge in [0.2, 0.25) is 0 Å². The van der Waals surface area contributed by atoms with Crippen LogP contribution >= 0.6 is 0 Å². The standard InChI is InChI=1S/C27H23FN2/c1-2-8-27-25-18-22(12-6-11-21-9-4-3-5-10-21)19-29-26(25)15-16-30(27)20-23-13-7-14-24(28)17-23/h3-5,7-10,13-19H,2,11,20H2,1H3/b27-8+. The van der Waals surface area contributed by atoms with Gasteiger partial charge in [-0.3, -0.25) is 4.98 Å². The van der Waals surface area contributed by atoms with Gasteiger partial charge in [-0.2, -0.15) is 0 Å². The normalized spacial score (nSPS) is 13.7. The molecule has 0 unspecified atom stereocenters. The van der Waals surface area contributed by atoms with Crippen LogP contribution < -0.4 is 0 Å². The van der Waals surface area contributed by atoms with Gasteiger partial charge in [0.05, 0.1) is 5.69 Å². The smallest absolute Gasteiger partial charge is 0.123 e. The van der Waals surface area contributed by atoms with Gasteiger partial charge < -0.3 is 4.90 Å². The van der Waals surface area contributed by atoms with Crippen molar-refractivity contribution in [1.82, 2.24) is 9.88 Å². The van der Waals surface area contributed by atoms with Crippen molar-refractivity contribution in [2.24, 2.45) is 0 Å². The molecule has 1 aliphatic heterocycles. The lowest BCUT2D eigenvalue weighted by Gasteiger charge is -2.28. The summed E-state index contributed by atoms with van der Waals surface area (Å²) >= 11 is 0.